The predicted octanol–water partition coefficient (Wildman–Crippen LogP) is 4.54. The van der Waals surface area contributed by atoms with Crippen molar-refractivity contribution in [1.82, 2.24) is 5.32 Å². The van der Waals surface area contributed by atoms with Gasteiger partial charge in [0.15, 0.2) is 0 Å². The highest BCUT2D eigenvalue weighted by molar-refractivity contribution is 5.83. The van der Waals surface area contributed by atoms with Crippen LogP contribution in [0.4, 0.5) is 0 Å². The number of benzene rings is 2. The van der Waals surface area contributed by atoms with E-state index in [1.807, 2.05) is 0 Å². The lowest BCUT2D eigenvalue weighted by Gasteiger charge is -2.25. The van der Waals surface area contributed by atoms with Crippen LogP contribution in [0.2, 0.25) is 0 Å². The standard InChI is InChI=1S/C18H23N/c1-3-19-18(13(2)14-8-9-14)17-11-10-15-6-4-5-7-16(15)12-17/h4-7,10-14,18-19H,3,8-9H2,1-2H3. The first-order valence-corrected chi connectivity index (χ1v) is 7.51. The second-order valence-electron chi connectivity index (χ2n) is 5.84. The Morgan fingerprint density at radius 2 is 1.84 bits per heavy atom. The molecule has 0 aromatic heterocycles. The molecule has 1 fully saturated rings. The molecule has 3 rings (SSSR count). The summed E-state index contributed by atoms with van der Waals surface area (Å²) in [5.74, 6) is 1.66. The predicted molar refractivity (Wildman–Crippen MR) is 82.3 cm³/mol. The SMILES string of the molecule is CCNC(c1ccc2ccccc2c1)C(C)C1CC1. The van der Waals surface area contributed by atoms with Crippen LogP contribution in [0.25, 0.3) is 10.8 Å². The van der Waals surface area contributed by atoms with Gasteiger partial charge in [-0.05, 0) is 53.6 Å². The summed E-state index contributed by atoms with van der Waals surface area (Å²) in [6.07, 6.45) is 2.83. The summed E-state index contributed by atoms with van der Waals surface area (Å²) in [5, 5.41) is 6.37. The number of hydrogen-bond acceptors (Lipinski definition) is 1. The van der Waals surface area contributed by atoms with Gasteiger partial charge in [-0.2, -0.15) is 0 Å². The summed E-state index contributed by atoms with van der Waals surface area (Å²) >= 11 is 0. The molecule has 1 saturated carbocycles. The topological polar surface area (TPSA) is 12.0 Å². The number of fused-ring (bicyclic) bond motifs is 1. The Kier molecular flexibility index (Phi) is 3.56. The third kappa shape index (κ3) is 2.66. The Morgan fingerprint density at radius 3 is 2.53 bits per heavy atom. The molecule has 2 atom stereocenters. The summed E-state index contributed by atoms with van der Waals surface area (Å²) in [7, 11) is 0. The van der Waals surface area contributed by atoms with Crippen LogP contribution in [0.15, 0.2) is 42.5 Å². The lowest BCUT2D eigenvalue weighted by molar-refractivity contribution is 0.355. The number of nitrogens with one attached hydrogen (secondary N) is 1. The average Bonchev–Trinajstić information content (AvgIpc) is 3.28. The maximum absolute atomic E-state index is 3.68. The van der Waals surface area contributed by atoms with E-state index >= 15 is 0 Å². The Bertz CT molecular complexity index is 556. The first-order valence-electron chi connectivity index (χ1n) is 7.51. The van der Waals surface area contributed by atoms with Crippen LogP contribution in [0.1, 0.15) is 38.3 Å². The molecule has 1 N–H and O–H groups in total. The van der Waals surface area contributed by atoms with Crippen molar-refractivity contribution in [2.24, 2.45) is 11.8 Å². The molecule has 100 valence electrons. The fourth-order valence-corrected chi connectivity index (χ4v) is 3.12. The van der Waals surface area contributed by atoms with Gasteiger partial charge in [-0.15, -0.1) is 0 Å². The van der Waals surface area contributed by atoms with E-state index in [-0.39, 0.29) is 0 Å². The molecule has 2 unspecified atom stereocenters. The minimum absolute atomic E-state index is 0.502. The largest absolute Gasteiger partial charge is 0.310 e. The van der Waals surface area contributed by atoms with Crippen molar-refractivity contribution >= 4 is 10.8 Å². The second kappa shape index (κ2) is 5.34. The molecule has 0 heterocycles. The zero-order valence-electron chi connectivity index (χ0n) is 11.9. The van der Waals surface area contributed by atoms with Crippen LogP contribution < -0.4 is 5.32 Å². The monoisotopic (exact) mass is 253 g/mol. The van der Waals surface area contributed by atoms with E-state index < -0.39 is 0 Å². The molecule has 0 bridgehead atoms. The maximum Gasteiger partial charge on any atom is 0.0348 e. The summed E-state index contributed by atoms with van der Waals surface area (Å²) in [5.41, 5.74) is 1.44. The van der Waals surface area contributed by atoms with E-state index in [0.29, 0.717) is 6.04 Å². The van der Waals surface area contributed by atoms with Gasteiger partial charge in [-0.1, -0.05) is 50.2 Å². The molecular formula is C18H23N. The van der Waals surface area contributed by atoms with E-state index in [0.717, 1.165) is 18.4 Å². The highest BCUT2D eigenvalue weighted by Gasteiger charge is 2.33. The van der Waals surface area contributed by atoms with Crippen LogP contribution in [0.5, 0.6) is 0 Å². The third-order valence-corrected chi connectivity index (χ3v) is 4.45. The van der Waals surface area contributed by atoms with E-state index in [9.17, 15) is 0 Å². The Balaban J connectivity index is 1.94. The summed E-state index contributed by atoms with van der Waals surface area (Å²) in [6.45, 7) is 5.64. The third-order valence-electron chi connectivity index (χ3n) is 4.45. The van der Waals surface area contributed by atoms with Gasteiger partial charge in [-0.25, -0.2) is 0 Å². The zero-order valence-corrected chi connectivity index (χ0v) is 11.9. The van der Waals surface area contributed by atoms with Gasteiger partial charge in [0, 0.05) is 6.04 Å². The smallest absolute Gasteiger partial charge is 0.0348 e. The molecule has 0 saturated heterocycles. The fraction of sp³-hybridized carbons (Fsp3) is 0.444. The van der Waals surface area contributed by atoms with E-state index in [1.54, 1.807) is 0 Å². The average molecular weight is 253 g/mol. The Hall–Kier alpha value is -1.34. The molecule has 0 radical (unpaired) electrons. The zero-order chi connectivity index (χ0) is 13.2. The summed E-state index contributed by atoms with van der Waals surface area (Å²) in [6, 6.07) is 16.1. The molecular weight excluding hydrogens is 230 g/mol. The normalized spacial score (nSPS) is 18.4. The van der Waals surface area contributed by atoms with Gasteiger partial charge in [-0.3, -0.25) is 0 Å². The van der Waals surface area contributed by atoms with Crippen LogP contribution >= 0.6 is 0 Å². The number of hydrogen-bond donors (Lipinski definition) is 1. The van der Waals surface area contributed by atoms with Gasteiger partial charge in [0.1, 0.15) is 0 Å². The van der Waals surface area contributed by atoms with Crippen LogP contribution in [0, 0.1) is 11.8 Å². The first-order chi connectivity index (χ1) is 9.29. The van der Waals surface area contributed by atoms with Crippen molar-refractivity contribution in [3.05, 3.63) is 48.0 Å². The molecule has 0 aliphatic heterocycles. The minimum atomic E-state index is 0.502. The van der Waals surface area contributed by atoms with Crippen LogP contribution in [-0.4, -0.2) is 6.54 Å². The highest BCUT2D eigenvalue weighted by atomic mass is 14.9. The second-order valence-corrected chi connectivity index (χ2v) is 5.84. The Morgan fingerprint density at radius 1 is 1.11 bits per heavy atom. The van der Waals surface area contributed by atoms with Crippen molar-refractivity contribution in [2.45, 2.75) is 32.7 Å². The van der Waals surface area contributed by atoms with Gasteiger partial charge < -0.3 is 5.32 Å². The molecule has 1 nitrogen and oxygen atoms in total. The molecule has 2 aromatic rings. The van der Waals surface area contributed by atoms with E-state index in [2.05, 4.69) is 61.6 Å². The number of rotatable bonds is 5. The van der Waals surface area contributed by atoms with Crippen molar-refractivity contribution in [3.63, 3.8) is 0 Å². The molecule has 1 aliphatic rings. The van der Waals surface area contributed by atoms with E-state index in [1.165, 1.54) is 29.2 Å². The van der Waals surface area contributed by atoms with Gasteiger partial charge in [0.2, 0.25) is 0 Å². The molecule has 1 aliphatic carbocycles. The quantitative estimate of drug-likeness (QED) is 0.825. The summed E-state index contributed by atoms with van der Waals surface area (Å²) < 4.78 is 0. The maximum atomic E-state index is 3.68. The van der Waals surface area contributed by atoms with Crippen LogP contribution in [0.3, 0.4) is 0 Å². The van der Waals surface area contributed by atoms with Crippen molar-refractivity contribution in [3.8, 4) is 0 Å². The van der Waals surface area contributed by atoms with Gasteiger partial charge in [0.05, 0.1) is 0 Å². The summed E-state index contributed by atoms with van der Waals surface area (Å²) in [4.78, 5) is 0. The molecule has 0 spiro atoms. The molecule has 1 heteroatoms. The van der Waals surface area contributed by atoms with Crippen molar-refractivity contribution in [1.29, 1.82) is 0 Å². The van der Waals surface area contributed by atoms with E-state index in [4.69, 9.17) is 0 Å². The molecule has 19 heavy (non-hydrogen) atoms. The van der Waals surface area contributed by atoms with Gasteiger partial charge in [0.25, 0.3) is 0 Å². The fourth-order valence-electron chi connectivity index (χ4n) is 3.12. The lowest BCUT2D eigenvalue weighted by Crippen LogP contribution is -2.27. The minimum Gasteiger partial charge on any atom is -0.310 e. The Labute approximate surface area is 116 Å². The van der Waals surface area contributed by atoms with Crippen LogP contribution in [-0.2, 0) is 0 Å². The lowest BCUT2D eigenvalue weighted by atomic mass is 9.89. The van der Waals surface area contributed by atoms with Crippen molar-refractivity contribution in [2.75, 3.05) is 6.54 Å². The highest BCUT2D eigenvalue weighted by Crippen LogP contribution is 2.42. The first kappa shape index (κ1) is 12.7. The van der Waals surface area contributed by atoms with Crippen molar-refractivity contribution < 1.29 is 0 Å². The molecule has 2 aromatic carbocycles. The van der Waals surface area contributed by atoms with Gasteiger partial charge >= 0.3 is 0 Å². The molecule has 0 amide bonds.